The van der Waals surface area contributed by atoms with Crippen molar-refractivity contribution in [3.8, 4) is 0 Å². The average molecular weight is 249 g/mol. The lowest BCUT2D eigenvalue weighted by molar-refractivity contribution is -0.305. The van der Waals surface area contributed by atoms with Gasteiger partial charge in [0.25, 0.3) is 0 Å². The minimum Gasteiger partial charge on any atom is -0.466 e. The number of nitrogens with two attached hydrogens (primary N) is 1. The first-order chi connectivity index (χ1) is 6.95. The van der Waals surface area contributed by atoms with Gasteiger partial charge in [-0.05, 0) is 13.8 Å². The molecule has 0 aromatic heterocycles. The van der Waals surface area contributed by atoms with Crippen molar-refractivity contribution in [3.05, 3.63) is 0 Å². The van der Waals surface area contributed by atoms with Gasteiger partial charge in [0.05, 0.1) is 18.6 Å². The standard InChI is InChI=1S/C8H12F5NO2/c1-3-16-5(15)4-6(2,14)7(9,10)8(11,12)13/h3-4,14H2,1-2H3. The van der Waals surface area contributed by atoms with Gasteiger partial charge in [0.2, 0.25) is 0 Å². The molecule has 0 saturated heterocycles. The molecule has 0 spiro atoms. The summed E-state index contributed by atoms with van der Waals surface area (Å²) in [5, 5.41) is 0. The molecule has 0 aromatic carbocycles. The first kappa shape index (κ1) is 15.1. The summed E-state index contributed by atoms with van der Waals surface area (Å²) in [6.45, 7) is 1.73. The van der Waals surface area contributed by atoms with Crippen molar-refractivity contribution < 1.29 is 31.5 Å². The monoisotopic (exact) mass is 249 g/mol. The Hall–Kier alpha value is -0.920. The molecule has 0 saturated carbocycles. The highest BCUT2D eigenvalue weighted by molar-refractivity contribution is 5.71. The molecule has 0 fully saturated rings. The van der Waals surface area contributed by atoms with E-state index in [-0.39, 0.29) is 6.61 Å². The Balaban J connectivity index is 4.84. The van der Waals surface area contributed by atoms with Crippen LogP contribution < -0.4 is 5.73 Å². The molecule has 0 amide bonds. The molecule has 96 valence electrons. The van der Waals surface area contributed by atoms with Crippen LogP contribution in [-0.2, 0) is 9.53 Å². The Morgan fingerprint density at radius 3 is 2.00 bits per heavy atom. The van der Waals surface area contributed by atoms with Crippen LogP contribution in [0.1, 0.15) is 20.3 Å². The molecule has 2 N–H and O–H groups in total. The Morgan fingerprint density at radius 1 is 1.25 bits per heavy atom. The number of esters is 1. The van der Waals surface area contributed by atoms with Crippen molar-refractivity contribution in [3.63, 3.8) is 0 Å². The fraction of sp³-hybridized carbons (Fsp3) is 0.875. The highest BCUT2D eigenvalue weighted by atomic mass is 19.4. The summed E-state index contributed by atoms with van der Waals surface area (Å²) < 4.78 is 65.9. The molecule has 16 heavy (non-hydrogen) atoms. The van der Waals surface area contributed by atoms with Crippen LogP contribution in [-0.4, -0.2) is 30.2 Å². The van der Waals surface area contributed by atoms with Gasteiger partial charge in [-0.2, -0.15) is 22.0 Å². The molecular formula is C8H12F5NO2. The molecule has 0 aliphatic rings. The maximum atomic E-state index is 12.9. The smallest absolute Gasteiger partial charge is 0.455 e. The summed E-state index contributed by atoms with van der Waals surface area (Å²) in [6.07, 6.45) is -7.02. The van der Waals surface area contributed by atoms with E-state index in [0.29, 0.717) is 6.92 Å². The van der Waals surface area contributed by atoms with Gasteiger partial charge in [0, 0.05) is 0 Å². The lowest BCUT2D eigenvalue weighted by Gasteiger charge is -2.34. The third kappa shape index (κ3) is 3.03. The number of rotatable bonds is 4. The Morgan fingerprint density at radius 2 is 1.69 bits per heavy atom. The quantitative estimate of drug-likeness (QED) is 0.611. The summed E-state index contributed by atoms with van der Waals surface area (Å²) in [6, 6.07) is 0. The fourth-order valence-electron chi connectivity index (χ4n) is 0.947. The van der Waals surface area contributed by atoms with Gasteiger partial charge in [-0.25, -0.2) is 0 Å². The number of hydrogen-bond donors (Lipinski definition) is 1. The van der Waals surface area contributed by atoms with E-state index in [0.717, 1.165) is 0 Å². The lowest BCUT2D eigenvalue weighted by Crippen LogP contribution is -2.61. The van der Waals surface area contributed by atoms with E-state index in [1.807, 2.05) is 0 Å². The predicted octanol–water partition coefficient (Wildman–Crippen LogP) is 1.85. The van der Waals surface area contributed by atoms with Crippen LogP contribution in [0.25, 0.3) is 0 Å². The van der Waals surface area contributed by atoms with Crippen LogP contribution in [0.2, 0.25) is 0 Å². The summed E-state index contributed by atoms with van der Waals surface area (Å²) in [5.74, 6) is -6.36. The van der Waals surface area contributed by atoms with E-state index >= 15 is 0 Å². The molecule has 0 bridgehead atoms. The predicted molar refractivity (Wildman–Crippen MR) is 44.8 cm³/mol. The fourth-order valence-corrected chi connectivity index (χ4v) is 0.947. The van der Waals surface area contributed by atoms with Crippen molar-refractivity contribution in [1.29, 1.82) is 0 Å². The maximum absolute atomic E-state index is 12.9. The first-order valence-corrected chi connectivity index (χ1v) is 4.34. The summed E-state index contributed by atoms with van der Waals surface area (Å²) in [7, 11) is 0. The molecule has 8 heteroatoms. The number of ether oxygens (including phenoxy) is 1. The van der Waals surface area contributed by atoms with Gasteiger partial charge < -0.3 is 10.5 Å². The van der Waals surface area contributed by atoms with E-state index in [1.54, 1.807) is 0 Å². The zero-order chi connectivity index (χ0) is 13.2. The molecule has 0 aliphatic carbocycles. The summed E-state index contributed by atoms with van der Waals surface area (Å²) in [4.78, 5) is 10.8. The Bertz CT molecular complexity index is 262. The van der Waals surface area contributed by atoms with Crippen LogP contribution >= 0.6 is 0 Å². The highest BCUT2D eigenvalue weighted by Crippen LogP contribution is 2.43. The van der Waals surface area contributed by atoms with Gasteiger partial charge in [-0.15, -0.1) is 0 Å². The number of alkyl halides is 5. The van der Waals surface area contributed by atoms with E-state index in [2.05, 4.69) is 4.74 Å². The van der Waals surface area contributed by atoms with Crippen LogP contribution in [0.5, 0.6) is 0 Å². The topological polar surface area (TPSA) is 52.3 Å². The van der Waals surface area contributed by atoms with Gasteiger partial charge in [-0.3, -0.25) is 4.79 Å². The molecule has 0 aliphatic heterocycles. The van der Waals surface area contributed by atoms with E-state index < -0.39 is 30.0 Å². The molecular weight excluding hydrogens is 237 g/mol. The van der Waals surface area contributed by atoms with Crippen molar-refractivity contribution in [2.75, 3.05) is 6.61 Å². The molecule has 0 rings (SSSR count). The molecule has 0 radical (unpaired) electrons. The van der Waals surface area contributed by atoms with E-state index in [9.17, 15) is 26.7 Å². The van der Waals surface area contributed by atoms with E-state index in [4.69, 9.17) is 5.73 Å². The number of carbonyl (C=O) groups is 1. The van der Waals surface area contributed by atoms with E-state index in [1.165, 1.54) is 6.92 Å². The zero-order valence-corrected chi connectivity index (χ0v) is 8.70. The van der Waals surface area contributed by atoms with Gasteiger partial charge >= 0.3 is 18.1 Å². The van der Waals surface area contributed by atoms with Crippen molar-refractivity contribution >= 4 is 5.97 Å². The van der Waals surface area contributed by atoms with Crippen LogP contribution in [0, 0.1) is 0 Å². The molecule has 1 atom stereocenters. The third-order valence-electron chi connectivity index (χ3n) is 1.89. The van der Waals surface area contributed by atoms with Crippen LogP contribution in [0.3, 0.4) is 0 Å². The SMILES string of the molecule is CCOC(=O)CC(C)(N)C(F)(F)C(F)(F)F. The van der Waals surface area contributed by atoms with Crippen molar-refractivity contribution in [2.24, 2.45) is 5.73 Å². The minimum absolute atomic E-state index is 0.119. The lowest BCUT2D eigenvalue weighted by atomic mass is 9.90. The van der Waals surface area contributed by atoms with Crippen molar-refractivity contribution in [1.82, 2.24) is 0 Å². The first-order valence-electron chi connectivity index (χ1n) is 4.34. The molecule has 0 aromatic rings. The van der Waals surface area contributed by atoms with Crippen LogP contribution in [0.15, 0.2) is 0 Å². The third-order valence-corrected chi connectivity index (χ3v) is 1.89. The second-order valence-electron chi connectivity index (χ2n) is 3.47. The highest BCUT2D eigenvalue weighted by Gasteiger charge is 2.67. The summed E-state index contributed by atoms with van der Waals surface area (Å²) >= 11 is 0. The molecule has 1 unspecified atom stereocenters. The molecule has 0 heterocycles. The van der Waals surface area contributed by atoms with Crippen LogP contribution in [0.4, 0.5) is 22.0 Å². The second kappa shape index (κ2) is 4.52. The van der Waals surface area contributed by atoms with Gasteiger partial charge in [0.15, 0.2) is 0 Å². The number of halogens is 5. The minimum atomic E-state index is -5.80. The maximum Gasteiger partial charge on any atom is 0.455 e. The Labute approximate surface area is 88.7 Å². The Kier molecular flexibility index (Phi) is 4.26. The average Bonchev–Trinajstić information content (AvgIpc) is 2.00. The number of hydrogen-bond acceptors (Lipinski definition) is 3. The summed E-state index contributed by atoms with van der Waals surface area (Å²) in [5.41, 5.74) is 1.81. The van der Waals surface area contributed by atoms with Gasteiger partial charge in [-0.1, -0.05) is 0 Å². The van der Waals surface area contributed by atoms with Crippen molar-refractivity contribution in [2.45, 2.75) is 37.9 Å². The van der Waals surface area contributed by atoms with Gasteiger partial charge in [0.1, 0.15) is 0 Å². The molecule has 3 nitrogen and oxygen atoms in total. The normalized spacial score (nSPS) is 16.8. The zero-order valence-electron chi connectivity index (χ0n) is 8.70. The second-order valence-corrected chi connectivity index (χ2v) is 3.47. The largest absolute Gasteiger partial charge is 0.466 e. The number of carbonyl (C=O) groups excluding carboxylic acids is 1.